The van der Waals surface area contributed by atoms with E-state index < -0.39 is 12.0 Å². The van der Waals surface area contributed by atoms with Gasteiger partial charge in [0, 0.05) is 11.1 Å². The third-order valence-corrected chi connectivity index (χ3v) is 3.88. The number of rotatable bonds is 6. The first kappa shape index (κ1) is 16.8. The molecule has 117 valence electrons. The van der Waals surface area contributed by atoms with Crippen LogP contribution in [0.3, 0.4) is 0 Å². The molecule has 1 aromatic carbocycles. The van der Waals surface area contributed by atoms with E-state index in [2.05, 4.69) is 5.16 Å². The molecule has 3 N–H and O–H groups in total. The normalized spacial score (nSPS) is 12.4. The third-order valence-electron chi connectivity index (χ3n) is 3.25. The van der Waals surface area contributed by atoms with E-state index in [9.17, 15) is 4.79 Å². The van der Waals surface area contributed by atoms with Crippen molar-refractivity contribution in [3.05, 3.63) is 46.0 Å². The maximum absolute atomic E-state index is 10.7. The summed E-state index contributed by atoms with van der Waals surface area (Å²) >= 11 is 12.4. The molecule has 1 aromatic heterocycles. The zero-order chi connectivity index (χ0) is 16.3. The van der Waals surface area contributed by atoms with Gasteiger partial charge < -0.3 is 15.4 Å². The van der Waals surface area contributed by atoms with Crippen LogP contribution in [0.1, 0.15) is 24.2 Å². The standard InChI is InChI=1S/C15H15Cl2N2O3/c1-8-9(4-2-7-12(18)15(20)21)14(19-22-8)13-10(16)5-3-6-11(13)17/h3-6,12H,2,7,18H2,1H3,(H,20,21). The van der Waals surface area contributed by atoms with Crippen molar-refractivity contribution in [3.63, 3.8) is 0 Å². The van der Waals surface area contributed by atoms with Gasteiger partial charge in [0.2, 0.25) is 0 Å². The number of aryl methyl sites for hydroxylation is 1. The SMILES string of the molecule is Cc1onc(-c2c(Cl)cccc2Cl)c1[CH]CCC(N)C(=O)O. The average Bonchev–Trinajstić information content (AvgIpc) is 2.80. The summed E-state index contributed by atoms with van der Waals surface area (Å²) in [7, 11) is 0. The molecule has 7 heteroatoms. The Morgan fingerprint density at radius 3 is 2.68 bits per heavy atom. The molecule has 5 nitrogen and oxygen atoms in total. The van der Waals surface area contributed by atoms with E-state index in [1.807, 2.05) is 6.42 Å². The molecule has 22 heavy (non-hydrogen) atoms. The van der Waals surface area contributed by atoms with Crippen LogP contribution >= 0.6 is 23.2 Å². The molecule has 1 atom stereocenters. The molecule has 0 aliphatic carbocycles. The minimum Gasteiger partial charge on any atom is -0.480 e. The molecule has 0 aliphatic heterocycles. The summed E-state index contributed by atoms with van der Waals surface area (Å²) in [6, 6.07) is 4.29. The molecule has 2 aromatic rings. The lowest BCUT2D eigenvalue weighted by Crippen LogP contribution is -2.29. The van der Waals surface area contributed by atoms with E-state index in [4.69, 9.17) is 38.6 Å². The fourth-order valence-corrected chi connectivity index (χ4v) is 2.63. The number of nitrogens with zero attached hydrogens (tertiary/aromatic N) is 1. The summed E-state index contributed by atoms with van der Waals surface area (Å²) < 4.78 is 5.22. The van der Waals surface area contributed by atoms with Crippen molar-refractivity contribution in [2.75, 3.05) is 0 Å². The predicted molar refractivity (Wildman–Crippen MR) is 84.9 cm³/mol. The number of aliphatic carboxylic acids is 1. The highest BCUT2D eigenvalue weighted by molar-refractivity contribution is 6.39. The Kier molecular flexibility index (Phi) is 5.45. The molecular formula is C15H15Cl2N2O3. The van der Waals surface area contributed by atoms with Crippen molar-refractivity contribution >= 4 is 29.2 Å². The fourth-order valence-electron chi connectivity index (χ4n) is 2.05. The number of carboxylic acid groups (broad SMARTS) is 1. The minimum absolute atomic E-state index is 0.315. The lowest BCUT2D eigenvalue weighted by molar-refractivity contribution is -0.138. The van der Waals surface area contributed by atoms with Gasteiger partial charge in [-0.1, -0.05) is 34.4 Å². The van der Waals surface area contributed by atoms with E-state index in [0.717, 1.165) is 5.56 Å². The van der Waals surface area contributed by atoms with Gasteiger partial charge in [0.15, 0.2) is 0 Å². The zero-order valence-corrected chi connectivity index (χ0v) is 13.4. The predicted octanol–water partition coefficient (Wildman–Crippen LogP) is 3.70. The molecule has 0 saturated carbocycles. The number of hydrogen-bond donors (Lipinski definition) is 2. The molecule has 0 aliphatic rings. The second-order valence-electron chi connectivity index (χ2n) is 4.82. The number of benzene rings is 1. The minimum atomic E-state index is -1.02. The number of nitrogens with two attached hydrogens (primary N) is 1. The van der Waals surface area contributed by atoms with Crippen LogP contribution < -0.4 is 5.73 Å². The van der Waals surface area contributed by atoms with Crippen LogP contribution in [0.4, 0.5) is 0 Å². The van der Waals surface area contributed by atoms with Crippen molar-refractivity contribution in [1.29, 1.82) is 0 Å². The van der Waals surface area contributed by atoms with Crippen molar-refractivity contribution in [3.8, 4) is 11.3 Å². The monoisotopic (exact) mass is 341 g/mol. The molecule has 1 radical (unpaired) electrons. The van der Waals surface area contributed by atoms with Crippen molar-refractivity contribution in [1.82, 2.24) is 5.16 Å². The van der Waals surface area contributed by atoms with Gasteiger partial charge >= 0.3 is 5.97 Å². The summed E-state index contributed by atoms with van der Waals surface area (Å²) in [6.07, 6.45) is 2.63. The molecular weight excluding hydrogens is 327 g/mol. The molecule has 0 amide bonds. The fraction of sp³-hybridized carbons (Fsp3) is 0.267. The smallest absolute Gasteiger partial charge is 0.320 e. The van der Waals surface area contributed by atoms with Crippen LogP contribution in [0.25, 0.3) is 11.3 Å². The lowest BCUT2D eigenvalue weighted by atomic mass is 10.00. The molecule has 0 bridgehead atoms. The quantitative estimate of drug-likeness (QED) is 0.835. The molecule has 0 spiro atoms. The zero-order valence-electron chi connectivity index (χ0n) is 11.8. The Bertz CT molecular complexity index is 665. The van der Waals surface area contributed by atoms with Gasteiger partial charge in [-0.3, -0.25) is 4.79 Å². The second kappa shape index (κ2) is 7.13. The van der Waals surface area contributed by atoms with Crippen LogP contribution in [0.2, 0.25) is 10.0 Å². The molecule has 1 heterocycles. The molecule has 2 rings (SSSR count). The summed E-state index contributed by atoms with van der Waals surface area (Å²) in [5.74, 6) is -0.417. The third kappa shape index (κ3) is 3.61. The number of hydrogen-bond acceptors (Lipinski definition) is 4. The largest absolute Gasteiger partial charge is 0.480 e. The number of halogens is 2. The number of carboxylic acids is 1. The lowest BCUT2D eigenvalue weighted by Gasteiger charge is -2.08. The van der Waals surface area contributed by atoms with Gasteiger partial charge in [-0.2, -0.15) is 0 Å². The molecule has 1 unspecified atom stereocenters. The Balaban J connectivity index is 2.23. The summed E-state index contributed by atoms with van der Waals surface area (Å²) in [6.45, 7) is 1.77. The van der Waals surface area contributed by atoms with Gasteiger partial charge in [-0.25, -0.2) is 0 Å². The molecule has 0 fully saturated rings. The van der Waals surface area contributed by atoms with E-state index in [1.54, 1.807) is 25.1 Å². The van der Waals surface area contributed by atoms with Gasteiger partial charge in [-0.15, -0.1) is 0 Å². The van der Waals surface area contributed by atoms with Crippen molar-refractivity contribution in [2.24, 2.45) is 5.73 Å². The van der Waals surface area contributed by atoms with E-state index in [0.29, 0.717) is 39.9 Å². The highest BCUT2D eigenvalue weighted by Gasteiger charge is 2.20. The first-order valence-electron chi connectivity index (χ1n) is 6.64. The summed E-state index contributed by atoms with van der Waals surface area (Å²) in [5, 5.41) is 13.8. The Morgan fingerprint density at radius 2 is 2.09 bits per heavy atom. The first-order chi connectivity index (χ1) is 10.4. The van der Waals surface area contributed by atoms with Gasteiger partial charge in [0.1, 0.15) is 17.5 Å². The van der Waals surface area contributed by atoms with Crippen LogP contribution in [0.15, 0.2) is 22.7 Å². The van der Waals surface area contributed by atoms with Gasteiger partial charge in [0.25, 0.3) is 0 Å². The Hall–Kier alpha value is -1.56. The number of aromatic nitrogens is 1. The van der Waals surface area contributed by atoms with Crippen LogP contribution in [0, 0.1) is 13.3 Å². The van der Waals surface area contributed by atoms with E-state index >= 15 is 0 Å². The topological polar surface area (TPSA) is 89.4 Å². The van der Waals surface area contributed by atoms with Crippen LogP contribution in [-0.2, 0) is 4.79 Å². The van der Waals surface area contributed by atoms with Gasteiger partial charge in [0.05, 0.1) is 10.0 Å². The van der Waals surface area contributed by atoms with Gasteiger partial charge in [-0.05, 0) is 38.3 Å². The number of carbonyl (C=O) groups is 1. The maximum Gasteiger partial charge on any atom is 0.320 e. The van der Waals surface area contributed by atoms with Crippen molar-refractivity contribution < 1.29 is 14.4 Å². The molecule has 0 saturated heterocycles. The van der Waals surface area contributed by atoms with E-state index in [1.165, 1.54) is 0 Å². The highest BCUT2D eigenvalue weighted by atomic mass is 35.5. The average molecular weight is 342 g/mol. The summed E-state index contributed by atoms with van der Waals surface area (Å²) in [5.41, 5.74) is 7.37. The van der Waals surface area contributed by atoms with E-state index in [-0.39, 0.29) is 0 Å². The van der Waals surface area contributed by atoms with Crippen LogP contribution in [-0.4, -0.2) is 22.3 Å². The van der Waals surface area contributed by atoms with Crippen LogP contribution in [0.5, 0.6) is 0 Å². The van der Waals surface area contributed by atoms with Crippen molar-refractivity contribution in [2.45, 2.75) is 25.8 Å². The summed E-state index contributed by atoms with van der Waals surface area (Å²) in [4.78, 5) is 10.7. The Morgan fingerprint density at radius 1 is 1.45 bits per heavy atom. The highest BCUT2D eigenvalue weighted by Crippen LogP contribution is 2.37. The first-order valence-corrected chi connectivity index (χ1v) is 7.39. The Labute approximate surface area is 138 Å². The second-order valence-corrected chi connectivity index (χ2v) is 5.64. The maximum atomic E-state index is 10.7.